The summed E-state index contributed by atoms with van der Waals surface area (Å²) in [5.41, 5.74) is 4.21. The maximum atomic E-state index is 12.5. The van der Waals surface area contributed by atoms with E-state index >= 15 is 0 Å². The van der Waals surface area contributed by atoms with Crippen molar-refractivity contribution in [2.24, 2.45) is 11.1 Å². The molecule has 0 radical (unpaired) electrons. The summed E-state index contributed by atoms with van der Waals surface area (Å²) in [4.78, 5) is 25.4. The Morgan fingerprint density at radius 2 is 1.67 bits per heavy atom. The summed E-state index contributed by atoms with van der Waals surface area (Å²) in [7, 11) is 0. The molecule has 4 N–H and O–H groups in total. The fraction of sp³-hybridized carbons (Fsp3) is 0.833. The average molecular weight is 258 g/mol. The summed E-state index contributed by atoms with van der Waals surface area (Å²) in [6, 6.07) is -0.895. The smallest absolute Gasteiger partial charge is 0.238 e. The van der Waals surface area contributed by atoms with Gasteiger partial charge in [-0.3, -0.25) is 9.59 Å². The molecule has 0 saturated heterocycles. The highest BCUT2D eigenvalue weighted by atomic mass is 16.3. The third kappa shape index (κ3) is 2.35. The van der Waals surface area contributed by atoms with Gasteiger partial charge in [0, 0.05) is 0 Å². The molecule has 1 rings (SSSR count). The third-order valence-electron chi connectivity index (χ3n) is 3.80. The summed E-state index contributed by atoms with van der Waals surface area (Å²) in [6.07, 6.45) is 1.70. The first-order chi connectivity index (χ1) is 8.40. The van der Waals surface area contributed by atoms with Gasteiger partial charge in [-0.05, 0) is 26.7 Å². The Kier molecular flexibility index (Phi) is 4.70. The Labute approximate surface area is 107 Å². The van der Waals surface area contributed by atoms with Crippen molar-refractivity contribution in [2.45, 2.75) is 45.2 Å². The van der Waals surface area contributed by atoms with Crippen molar-refractivity contribution in [2.75, 3.05) is 13.2 Å². The van der Waals surface area contributed by atoms with Crippen LogP contribution in [0, 0.1) is 5.41 Å². The van der Waals surface area contributed by atoms with E-state index in [1.165, 1.54) is 4.90 Å². The number of carbonyl (C=O) groups is 2. The summed E-state index contributed by atoms with van der Waals surface area (Å²) >= 11 is 0. The van der Waals surface area contributed by atoms with Crippen molar-refractivity contribution in [3.8, 4) is 0 Å². The van der Waals surface area contributed by atoms with Crippen LogP contribution in [0.2, 0.25) is 0 Å². The highest BCUT2D eigenvalue weighted by Gasteiger charge is 2.52. The molecule has 6 nitrogen and oxygen atoms in total. The van der Waals surface area contributed by atoms with E-state index in [1.54, 1.807) is 13.8 Å². The summed E-state index contributed by atoms with van der Waals surface area (Å²) < 4.78 is 0. The largest absolute Gasteiger partial charge is 0.394 e. The monoisotopic (exact) mass is 258 g/mol. The molecule has 0 aromatic rings. The van der Waals surface area contributed by atoms with Crippen molar-refractivity contribution >= 4 is 11.8 Å². The Balaban J connectivity index is 2.98. The molecule has 0 aromatic carbocycles. The second-order valence-corrected chi connectivity index (χ2v) is 5.08. The van der Waals surface area contributed by atoms with Crippen molar-refractivity contribution in [1.82, 2.24) is 4.90 Å². The molecule has 0 bridgehead atoms. The van der Waals surface area contributed by atoms with Gasteiger partial charge < -0.3 is 20.8 Å². The highest BCUT2D eigenvalue weighted by molar-refractivity contribution is 6.05. The zero-order valence-electron chi connectivity index (χ0n) is 10.9. The van der Waals surface area contributed by atoms with Crippen LogP contribution in [-0.2, 0) is 9.59 Å². The van der Waals surface area contributed by atoms with E-state index in [0.29, 0.717) is 12.8 Å². The van der Waals surface area contributed by atoms with Crippen molar-refractivity contribution in [3.05, 3.63) is 0 Å². The van der Waals surface area contributed by atoms with E-state index < -0.39 is 23.4 Å². The number of rotatable bonds is 6. The van der Waals surface area contributed by atoms with Crippen molar-refractivity contribution in [3.63, 3.8) is 0 Å². The first-order valence-electron chi connectivity index (χ1n) is 6.25. The molecule has 0 spiro atoms. The second kappa shape index (κ2) is 5.67. The van der Waals surface area contributed by atoms with E-state index in [2.05, 4.69) is 0 Å². The van der Waals surface area contributed by atoms with Crippen LogP contribution in [-0.4, -0.2) is 52.2 Å². The number of nitrogens with two attached hydrogens (primary N) is 1. The van der Waals surface area contributed by atoms with Gasteiger partial charge in [-0.15, -0.1) is 0 Å². The number of hydrogen-bond donors (Lipinski definition) is 3. The van der Waals surface area contributed by atoms with E-state index in [0.717, 1.165) is 6.42 Å². The molecule has 2 unspecified atom stereocenters. The quantitative estimate of drug-likeness (QED) is 0.544. The number of carbonyl (C=O) groups excluding carboxylic acids is 2. The molecule has 1 saturated carbocycles. The summed E-state index contributed by atoms with van der Waals surface area (Å²) in [6.45, 7) is 2.92. The number of aliphatic hydroxyl groups is 2. The van der Waals surface area contributed by atoms with E-state index in [9.17, 15) is 19.8 Å². The lowest BCUT2D eigenvalue weighted by atomic mass is 9.67. The minimum Gasteiger partial charge on any atom is -0.394 e. The molecule has 1 fully saturated rings. The van der Waals surface area contributed by atoms with Crippen LogP contribution >= 0.6 is 0 Å². The summed E-state index contributed by atoms with van der Waals surface area (Å²) in [5.74, 6) is -0.983. The van der Waals surface area contributed by atoms with Gasteiger partial charge in [0.05, 0.1) is 25.3 Å². The van der Waals surface area contributed by atoms with E-state index in [-0.39, 0.29) is 19.1 Å². The molecular formula is C12H22N2O4. The van der Waals surface area contributed by atoms with Gasteiger partial charge in [-0.2, -0.15) is 0 Å². The number of hydrogen-bond acceptors (Lipinski definition) is 4. The molecular weight excluding hydrogens is 236 g/mol. The third-order valence-corrected chi connectivity index (χ3v) is 3.80. The zero-order chi connectivity index (χ0) is 13.9. The maximum Gasteiger partial charge on any atom is 0.238 e. The Bertz CT molecular complexity index is 318. The topological polar surface area (TPSA) is 104 Å². The molecule has 1 aliphatic rings. The van der Waals surface area contributed by atoms with E-state index in [1.807, 2.05) is 0 Å². The van der Waals surface area contributed by atoms with Gasteiger partial charge in [0.15, 0.2) is 0 Å². The van der Waals surface area contributed by atoms with Crippen molar-refractivity contribution in [1.29, 1.82) is 0 Å². The predicted octanol–water partition coefficient (Wildman–Crippen LogP) is -0.768. The predicted molar refractivity (Wildman–Crippen MR) is 65.4 cm³/mol. The summed E-state index contributed by atoms with van der Waals surface area (Å²) in [5, 5.41) is 18.4. The lowest BCUT2D eigenvalue weighted by molar-refractivity contribution is -0.160. The fourth-order valence-corrected chi connectivity index (χ4v) is 2.35. The first kappa shape index (κ1) is 14.9. The molecule has 2 atom stereocenters. The zero-order valence-corrected chi connectivity index (χ0v) is 10.9. The second-order valence-electron chi connectivity index (χ2n) is 5.08. The Morgan fingerprint density at radius 3 is 1.89 bits per heavy atom. The molecule has 6 heteroatoms. The number of nitrogens with zero attached hydrogens (tertiary/aromatic N) is 1. The number of aliphatic hydroxyl groups excluding tert-OH is 2. The number of amides is 2. The van der Waals surface area contributed by atoms with Crippen LogP contribution in [0.3, 0.4) is 0 Å². The average Bonchev–Trinajstić information content (AvgIpc) is 2.26. The first-order valence-corrected chi connectivity index (χ1v) is 6.25. The highest BCUT2D eigenvalue weighted by Crippen LogP contribution is 2.43. The molecule has 18 heavy (non-hydrogen) atoms. The molecule has 0 aromatic heterocycles. The van der Waals surface area contributed by atoms with Gasteiger partial charge in [0.2, 0.25) is 11.8 Å². The van der Waals surface area contributed by atoms with Gasteiger partial charge in [0.1, 0.15) is 5.41 Å². The van der Waals surface area contributed by atoms with Gasteiger partial charge >= 0.3 is 0 Å². The molecule has 0 heterocycles. The minimum atomic E-state index is -1.13. The Hall–Kier alpha value is -1.14. The maximum absolute atomic E-state index is 12.5. The molecule has 0 aliphatic heterocycles. The van der Waals surface area contributed by atoms with Crippen LogP contribution < -0.4 is 5.73 Å². The van der Waals surface area contributed by atoms with Gasteiger partial charge in [0.25, 0.3) is 0 Å². The van der Waals surface area contributed by atoms with Gasteiger partial charge in [-0.1, -0.05) is 6.42 Å². The lowest BCUT2D eigenvalue weighted by Gasteiger charge is -2.44. The van der Waals surface area contributed by atoms with Crippen molar-refractivity contribution < 1.29 is 19.8 Å². The molecule has 1 aliphatic carbocycles. The minimum absolute atomic E-state index is 0.217. The van der Waals surface area contributed by atoms with Crippen LogP contribution in [0.4, 0.5) is 0 Å². The van der Waals surface area contributed by atoms with Crippen LogP contribution in [0.1, 0.15) is 33.1 Å². The Morgan fingerprint density at radius 1 is 1.22 bits per heavy atom. The van der Waals surface area contributed by atoms with E-state index in [4.69, 9.17) is 5.73 Å². The van der Waals surface area contributed by atoms with Crippen LogP contribution in [0.15, 0.2) is 0 Å². The molecule has 2 amide bonds. The SMILES string of the molecule is CC(CO)N(C(=O)C1(C(N)=O)CCC1)C(C)CO. The van der Waals surface area contributed by atoms with Gasteiger partial charge in [-0.25, -0.2) is 0 Å². The number of primary amides is 1. The fourth-order valence-electron chi connectivity index (χ4n) is 2.35. The molecule has 104 valence electrons. The van der Waals surface area contributed by atoms with Crippen LogP contribution in [0.5, 0.6) is 0 Å². The standard InChI is InChI=1S/C12H22N2O4/c1-8(6-15)14(9(2)7-16)11(18)12(10(13)17)4-3-5-12/h8-9,15-16H,3-7H2,1-2H3,(H2,13,17). The lowest BCUT2D eigenvalue weighted by Crippen LogP contribution is -2.60. The van der Waals surface area contributed by atoms with Crippen LogP contribution in [0.25, 0.3) is 0 Å². The normalized spacial score (nSPS) is 20.7.